The summed E-state index contributed by atoms with van der Waals surface area (Å²) in [6.45, 7) is 0.0261. The Labute approximate surface area is 116 Å². The van der Waals surface area contributed by atoms with Crippen molar-refractivity contribution in [3.8, 4) is 0 Å². The maximum atomic E-state index is 12.2. The highest BCUT2D eigenvalue weighted by molar-refractivity contribution is 5.87. The van der Waals surface area contributed by atoms with Gasteiger partial charge in [0.2, 0.25) is 5.91 Å². The standard InChI is InChI=1S/C14H18N2O4/c15-11(6-9-4-2-1-3-5-9)13(18)16-8-10(17)7-12(16)14(19)20/h1-5,10-12,17H,6-8,15H2,(H,19,20)/t10?,11-,12+/m1/s1. The molecule has 3 atom stereocenters. The number of carbonyl (C=O) groups excluding carboxylic acids is 1. The molecule has 0 radical (unpaired) electrons. The Morgan fingerprint density at radius 3 is 2.60 bits per heavy atom. The van der Waals surface area contributed by atoms with Crippen LogP contribution < -0.4 is 5.73 Å². The molecule has 2 rings (SSSR count). The van der Waals surface area contributed by atoms with E-state index in [1.165, 1.54) is 4.90 Å². The summed E-state index contributed by atoms with van der Waals surface area (Å²) in [5, 5.41) is 18.6. The van der Waals surface area contributed by atoms with E-state index >= 15 is 0 Å². The number of aliphatic carboxylic acids is 1. The molecule has 1 aliphatic rings. The summed E-state index contributed by atoms with van der Waals surface area (Å²) in [6.07, 6.45) is -0.401. The van der Waals surface area contributed by atoms with E-state index in [1.54, 1.807) is 0 Å². The molecule has 0 aromatic heterocycles. The maximum absolute atomic E-state index is 12.2. The monoisotopic (exact) mass is 278 g/mol. The molecule has 1 saturated heterocycles. The summed E-state index contributed by atoms with van der Waals surface area (Å²) in [7, 11) is 0. The molecule has 20 heavy (non-hydrogen) atoms. The van der Waals surface area contributed by atoms with E-state index in [0.29, 0.717) is 6.42 Å². The van der Waals surface area contributed by atoms with Crippen LogP contribution in [0.2, 0.25) is 0 Å². The van der Waals surface area contributed by atoms with Crippen molar-refractivity contribution in [2.75, 3.05) is 6.54 Å². The van der Waals surface area contributed by atoms with Crippen molar-refractivity contribution < 1.29 is 19.8 Å². The number of β-amino-alcohol motifs (C(OH)–C–C–N with tert-alkyl or cyclic N) is 1. The smallest absolute Gasteiger partial charge is 0.326 e. The van der Waals surface area contributed by atoms with Gasteiger partial charge in [0.25, 0.3) is 0 Å². The van der Waals surface area contributed by atoms with Gasteiger partial charge in [0.05, 0.1) is 12.1 Å². The minimum Gasteiger partial charge on any atom is -0.480 e. The molecule has 108 valence electrons. The normalized spacial score (nSPS) is 23.6. The zero-order valence-corrected chi connectivity index (χ0v) is 11.0. The van der Waals surface area contributed by atoms with Gasteiger partial charge in [0, 0.05) is 13.0 Å². The highest BCUT2D eigenvalue weighted by Gasteiger charge is 2.40. The predicted molar refractivity (Wildman–Crippen MR) is 71.9 cm³/mol. The van der Waals surface area contributed by atoms with Crippen LogP contribution in [0.3, 0.4) is 0 Å². The van der Waals surface area contributed by atoms with Gasteiger partial charge < -0.3 is 20.8 Å². The second-order valence-electron chi connectivity index (χ2n) is 5.03. The molecule has 0 spiro atoms. The number of rotatable bonds is 4. The lowest BCUT2D eigenvalue weighted by atomic mass is 10.1. The molecule has 0 aliphatic carbocycles. The molecular weight excluding hydrogens is 260 g/mol. The second kappa shape index (κ2) is 6.02. The molecule has 1 aromatic carbocycles. The minimum atomic E-state index is -1.11. The highest BCUT2D eigenvalue weighted by atomic mass is 16.4. The molecule has 1 fully saturated rings. The van der Waals surface area contributed by atoms with E-state index in [-0.39, 0.29) is 13.0 Å². The molecule has 1 unspecified atom stereocenters. The number of aliphatic hydroxyl groups is 1. The molecule has 6 nitrogen and oxygen atoms in total. The maximum Gasteiger partial charge on any atom is 0.326 e. The Balaban J connectivity index is 2.04. The molecular formula is C14H18N2O4. The SMILES string of the molecule is N[C@H](Cc1ccccc1)C(=O)N1CC(O)C[C@H]1C(=O)O. The molecule has 4 N–H and O–H groups in total. The average Bonchev–Trinajstić information content (AvgIpc) is 2.81. The van der Waals surface area contributed by atoms with Crippen LogP contribution in [-0.2, 0) is 16.0 Å². The molecule has 0 bridgehead atoms. The van der Waals surface area contributed by atoms with Gasteiger partial charge in [-0.3, -0.25) is 4.79 Å². The Kier molecular flexibility index (Phi) is 4.36. The number of nitrogens with zero attached hydrogens (tertiary/aromatic N) is 1. The third kappa shape index (κ3) is 3.15. The number of hydrogen-bond acceptors (Lipinski definition) is 4. The number of carbonyl (C=O) groups is 2. The Morgan fingerprint density at radius 2 is 2.00 bits per heavy atom. The lowest BCUT2D eigenvalue weighted by Gasteiger charge is -2.24. The first kappa shape index (κ1) is 14.5. The van der Waals surface area contributed by atoms with Crippen molar-refractivity contribution in [3.63, 3.8) is 0 Å². The third-order valence-electron chi connectivity index (χ3n) is 3.46. The molecule has 1 aliphatic heterocycles. The van der Waals surface area contributed by atoms with Gasteiger partial charge in [-0.1, -0.05) is 30.3 Å². The van der Waals surface area contributed by atoms with Crippen LogP contribution in [0.5, 0.6) is 0 Å². The minimum absolute atomic E-state index is 0.0261. The van der Waals surface area contributed by atoms with Gasteiger partial charge in [-0.25, -0.2) is 4.79 Å². The second-order valence-corrected chi connectivity index (χ2v) is 5.03. The Hall–Kier alpha value is -1.92. The van der Waals surface area contributed by atoms with Crippen LogP contribution in [0.4, 0.5) is 0 Å². The Morgan fingerprint density at radius 1 is 1.35 bits per heavy atom. The number of likely N-dealkylation sites (tertiary alicyclic amines) is 1. The lowest BCUT2D eigenvalue weighted by molar-refractivity contribution is -0.148. The van der Waals surface area contributed by atoms with Crippen LogP contribution >= 0.6 is 0 Å². The van der Waals surface area contributed by atoms with Gasteiger partial charge in [-0.2, -0.15) is 0 Å². The number of amides is 1. The van der Waals surface area contributed by atoms with E-state index in [1.807, 2.05) is 30.3 Å². The van der Waals surface area contributed by atoms with Crippen LogP contribution in [-0.4, -0.2) is 51.7 Å². The van der Waals surface area contributed by atoms with Crippen LogP contribution in [0.15, 0.2) is 30.3 Å². The van der Waals surface area contributed by atoms with Gasteiger partial charge in [0.1, 0.15) is 6.04 Å². The quantitative estimate of drug-likeness (QED) is 0.695. The van der Waals surface area contributed by atoms with Crippen molar-refractivity contribution in [2.24, 2.45) is 5.73 Å². The largest absolute Gasteiger partial charge is 0.480 e. The highest BCUT2D eigenvalue weighted by Crippen LogP contribution is 2.19. The topological polar surface area (TPSA) is 104 Å². The van der Waals surface area contributed by atoms with E-state index < -0.39 is 30.1 Å². The number of hydrogen-bond donors (Lipinski definition) is 3. The van der Waals surface area contributed by atoms with Crippen molar-refractivity contribution in [1.82, 2.24) is 4.90 Å². The van der Waals surface area contributed by atoms with E-state index in [4.69, 9.17) is 10.8 Å². The predicted octanol–water partition coefficient (Wildman–Crippen LogP) is -0.397. The summed E-state index contributed by atoms with van der Waals surface area (Å²) in [4.78, 5) is 24.5. The zero-order chi connectivity index (χ0) is 14.7. The first-order valence-electron chi connectivity index (χ1n) is 6.50. The summed E-state index contributed by atoms with van der Waals surface area (Å²) >= 11 is 0. The van der Waals surface area contributed by atoms with Gasteiger partial charge in [-0.15, -0.1) is 0 Å². The van der Waals surface area contributed by atoms with E-state index in [9.17, 15) is 14.7 Å². The summed E-state index contributed by atoms with van der Waals surface area (Å²) in [5.74, 6) is -1.54. The number of aliphatic hydroxyl groups excluding tert-OH is 1. The molecule has 1 amide bonds. The molecule has 6 heteroatoms. The first-order chi connectivity index (χ1) is 9.49. The van der Waals surface area contributed by atoms with Crippen LogP contribution in [0.1, 0.15) is 12.0 Å². The number of carboxylic acids is 1. The van der Waals surface area contributed by atoms with E-state index in [2.05, 4.69) is 0 Å². The Bertz CT molecular complexity index is 491. The fourth-order valence-corrected chi connectivity index (χ4v) is 2.46. The average molecular weight is 278 g/mol. The fourth-order valence-electron chi connectivity index (χ4n) is 2.46. The van der Waals surface area contributed by atoms with Gasteiger partial charge in [-0.05, 0) is 12.0 Å². The van der Waals surface area contributed by atoms with Crippen LogP contribution in [0.25, 0.3) is 0 Å². The number of nitrogens with two attached hydrogens (primary N) is 1. The number of carboxylic acid groups (broad SMARTS) is 1. The van der Waals surface area contributed by atoms with Crippen molar-refractivity contribution in [3.05, 3.63) is 35.9 Å². The summed E-state index contributed by atoms with van der Waals surface area (Å²) in [5.41, 5.74) is 6.79. The summed E-state index contributed by atoms with van der Waals surface area (Å²) in [6, 6.07) is 7.51. The van der Waals surface area contributed by atoms with Gasteiger partial charge >= 0.3 is 5.97 Å². The molecule has 1 aromatic rings. The number of benzene rings is 1. The first-order valence-corrected chi connectivity index (χ1v) is 6.50. The molecule has 1 heterocycles. The van der Waals surface area contributed by atoms with Crippen molar-refractivity contribution >= 4 is 11.9 Å². The van der Waals surface area contributed by atoms with E-state index in [0.717, 1.165) is 5.56 Å². The summed E-state index contributed by atoms with van der Waals surface area (Å²) < 4.78 is 0. The van der Waals surface area contributed by atoms with Crippen LogP contribution in [0, 0.1) is 0 Å². The van der Waals surface area contributed by atoms with Crippen molar-refractivity contribution in [2.45, 2.75) is 31.0 Å². The fraction of sp³-hybridized carbons (Fsp3) is 0.429. The zero-order valence-electron chi connectivity index (χ0n) is 11.0. The third-order valence-corrected chi connectivity index (χ3v) is 3.46. The van der Waals surface area contributed by atoms with Gasteiger partial charge in [0.15, 0.2) is 0 Å². The molecule has 0 saturated carbocycles. The lowest BCUT2D eigenvalue weighted by Crippen LogP contribution is -2.49. The van der Waals surface area contributed by atoms with Crippen molar-refractivity contribution in [1.29, 1.82) is 0 Å².